The molecule has 0 saturated carbocycles. The number of hydrogen-bond acceptors (Lipinski definition) is 4. The van der Waals surface area contributed by atoms with Crippen LogP contribution >= 0.6 is 15.9 Å². The second-order valence-corrected chi connectivity index (χ2v) is 4.01. The first-order valence-corrected chi connectivity index (χ1v) is 5.43. The number of carbonyl (C=O) groups is 1. The molecule has 0 amide bonds. The van der Waals surface area contributed by atoms with E-state index in [1.165, 1.54) is 18.6 Å². The van der Waals surface area contributed by atoms with Gasteiger partial charge in [-0.05, 0) is 18.2 Å². The van der Waals surface area contributed by atoms with E-state index in [4.69, 9.17) is 9.84 Å². The molecule has 0 spiro atoms. The SMILES string of the molecule is O=C(O)c1ccc(Br)cc1Oc1ccncn1. The summed E-state index contributed by atoms with van der Waals surface area (Å²) < 4.78 is 6.12. The summed E-state index contributed by atoms with van der Waals surface area (Å²) in [6.07, 6.45) is 2.84. The van der Waals surface area contributed by atoms with E-state index in [-0.39, 0.29) is 11.3 Å². The second kappa shape index (κ2) is 4.92. The number of aromatic carboxylic acids is 1. The fourth-order valence-electron chi connectivity index (χ4n) is 1.21. The summed E-state index contributed by atoms with van der Waals surface area (Å²) in [4.78, 5) is 18.6. The lowest BCUT2D eigenvalue weighted by Gasteiger charge is -2.07. The van der Waals surface area contributed by atoms with Crippen LogP contribution in [0.2, 0.25) is 0 Å². The number of halogens is 1. The Morgan fingerprint density at radius 3 is 2.82 bits per heavy atom. The summed E-state index contributed by atoms with van der Waals surface area (Å²) in [5.74, 6) is -0.535. The molecule has 0 fully saturated rings. The molecule has 1 N–H and O–H groups in total. The van der Waals surface area contributed by atoms with Gasteiger partial charge in [0.25, 0.3) is 0 Å². The topological polar surface area (TPSA) is 72.3 Å². The number of ether oxygens (including phenoxy) is 1. The molecule has 86 valence electrons. The van der Waals surface area contributed by atoms with Crippen LogP contribution in [0.25, 0.3) is 0 Å². The Hall–Kier alpha value is -1.95. The fourth-order valence-corrected chi connectivity index (χ4v) is 1.55. The molecule has 1 aromatic carbocycles. The number of rotatable bonds is 3. The lowest BCUT2D eigenvalue weighted by atomic mass is 10.2. The van der Waals surface area contributed by atoms with Crippen molar-refractivity contribution in [2.75, 3.05) is 0 Å². The molecule has 0 unspecified atom stereocenters. The highest BCUT2D eigenvalue weighted by atomic mass is 79.9. The highest BCUT2D eigenvalue weighted by Gasteiger charge is 2.12. The van der Waals surface area contributed by atoms with Gasteiger partial charge in [-0.25, -0.2) is 14.8 Å². The number of carboxylic acids is 1. The van der Waals surface area contributed by atoms with Crippen LogP contribution in [0.4, 0.5) is 0 Å². The maximum absolute atomic E-state index is 11.0. The largest absolute Gasteiger partial charge is 0.478 e. The second-order valence-electron chi connectivity index (χ2n) is 3.10. The summed E-state index contributed by atoms with van der Waals surface area (Å²) >= 11 is 3.25. The number of carboxylic acid groups (broad SMARTS) is 1. The van der Waals surface area contributed by atoms with Gasteiger partial charge in [0.1, 0.15) is 17.6 Å². The van der Waals surface area contributed by atoms with Gasteiger partial charge in [0.15, 0.2) is 0 Å². The van der Waals surface area contributed by atoms with Gasteiger partial charge in [-0.3, -0.25) is 0 Å². The highest BCUT2D eigenvalue weighted by molar-refractivity contribution is 9.10. The van der Waals surface area contributed by atoms with Crippen LogP contribution < -0.4 is 4.74 Å². The molecule has 2 aromatic rings. The van der Waals surface area contributed by atoms with Crippen LogP contribution in [0, 0.1) is 0 Å². The zero-order valence-corrected chi connectivity index (χ0v) is 10.1. The summed E-state index contributed by atoms with van der Waals surface area (Å²) in [6.45, 7) is 0. The minimum absolute atomic E-state index is 0.0758. The Morgan fingerprint density at radius 2 is 2.18 bits per heavy atom. The normalized spacial score (nSPS) is 9.94. The number of benzene rings is 1. The van der Waals surface area contributed by atoms with Gasteiger partial charge in [-0.15, -0.1) is 0 Å². The summed E-state index contributed by atoms with van der Waals surface area (Å²) in [6, 6.07) is 6.22. The predicted molar refractivity (Wildman–Crippen MR) is 63.2 cm³/mol. The van der Waals surface area contributed by atoms with Crippen molar-refractivity contribution in [1.29, 1.82) is 0 Å². The molecular weight excluding hydrogens is 288 g/mol. The van der Waals surface area contributed by atoms with Crippen LogP contribution in [0.5, 0.6) is 11.6 Å². The van der Waals surface area contributed by atoms with Crippen molar-refractivity contribution in [1.82, 2.24) is 9.97 Å². The Kier molecular flexibility index (Phi) is 3.34. The van der Waals surface area contributed by atoms with Crippen molar-refractivity contribution in [2.24, 2.45) is 0 Å². The molecule has 0 saturated heterocycles. The van der Waals surface area contributed by atoms with Gasteiger partial charge < -0.3 is 9.84 Å². The Morgan fingerprint density at radius 1 is 1.35 bits per heavy atom. The van der Waals surface area contributed by atoms with Crippen molar-refractivity contribution in [3.8, 4) is 11.6 Å². The molecule has 0 aliphatic heterocycles. The average molecular weight is 295 g/mol. The van der Waals surface area contributed by atoms with Crippen molar-refractivity contribution in [2.45, 2.75) is 0 Å². The minimum atomic E-state index is -1.05. The van der Waals surface area contributed by atoms with Gasteiger partial charge in [-0.2, -0.15) is 0 Å². The van der Waals surface area contributed by atoms with Gasteiger partial charge in [0.2, 0.25) is 5.88 Å². The summed E-state index contributed by atoms with van der Waals surface area (Å²) in [7, 11) is 0. The first-order valence-electron chi connectivity index (χ1n) is 4.63. The first kappa shape index (κ1) is 11.5. The van der Waals surface area contributed by atoms with Crippen molar-refractivity contribution >= 4 is 21.9 Å². The van der Waals surface area contributed by atoms with Gasteiger partial charge in [0.05, 0.1) is 0 Å². The third-order valence-electron chi connectivity index (χ3n) is 1.94. The molecule has 1 aromatic heterocycles. The van der Waals surface area contributed by atoms with Gasteiger partial charge in [-0.1, -0.05) is 15.9 Å². The van der Waals surface area contributed by atoms with Crippen LogP contribution in [-0.2, 0) is 0 Å². The van der Waals surface area contributed by atoms with Crippen LogP contribution in [0.3, 0.4) is 0 Å². The summed E-state index contributed by atoms with van der Waals surface area (Å²) in [5, 5.41) is 9.01. The van der Waals surface area contributed by atoms with Crippen LogP contribution in [0.15, 0.2) is 41.3 Å². The molecule has 1 heterocycles. The maximum atomic E-state index is 11.0. The van der Waals surface area contributed by atoms with Crippen molar-refractivity contribution in [3.63, 3.8) is 0 Å². The molecule has 0 aliphatic rings. The Bertz CT molecular complexity index is 546. The maximum Gasteiger partial charge on any atom is 0.339 e. The molecule has 17 heavy (non-hydrogen) atoms. The predicted octanol–water partition coefficient (Wildman–Crippen LogP) is 2.73. The quantitative estimate of drug-likeness (QED) is 0.942. The zero-order valence-electron chi connectivity index (χ0n) is 8.50. The average Bonchev–Trinajstić information content (AvgIpc) is 2.30. The Balaban J connectivity index is 2.37. The monoisotopic (exact) mass is 294 g/mol. The fraction of sp³-hybridized carbons (Fsp3) is 0. The van der Waals surface area contributed by atoms with Crippen LogP contribution in [0.1, 0.15) is 10.4 Å². The molecule has 0 bridgehead atoms. The van der Waals surface area contributed by atoms with E-state index in [0.29, 0.717) is 5.88 Å². The number of hydrogen-bond donors (Lipinski definition) is 1. The van der Waals surface area contributed by atoms with E-state index in [1.807, 2.05) is 0 Å². The third kappa shape index (κ3) is 2.79. The minimum Gasteiger partial charge on any atom is -0.478 e. The van der Waals surface area contributed by atoms with Gasteiger partial charge in [0, 0.05) is 16.7 Å². The van der Waals surface area contributed by atoms with Crippen LogP contribution in [-0.4, -0.2) is 21.0 Å². The smallest absolute Gasteiger partial charge is 0.339 e. The molecule has 5 nitrogen and oxygen atoms in total. The zero-order chi connectivity index (χ0) is 12.3. The molecule has 0 radical (unpaired) electrons. The van der Waals surface area contributed by atoms with E-state index in [2.05, 4.69) is 25.9 Å². The number of aromatic nitrogens is 2. The molecular formula is C11H7BrN2O3. The standard InChI is InChI=1S/C11H7BrN2O3/c12-7-1-2-8(11(15)16)9(5-7)17-10-3-4-13-6-14-10/h1-6H,(H,15,16). The van der Waals surface area contributed by atoms with E-state index in [0.717, 1.165) is 4.47 Å². The van der Waals surface area contributed by atoms with E-state index < -0.39 is 5.97 Å². The first-order chi connectivity index (χ1) is 8.16. The molecule has 6 heteroatoms. The van der Waals surface area contributed by atoms with E-state index in [9.17, 15) is 4.79 Å². The van der Waals surface area contributed by atoms with E-state index in [1.54, 1.807) is 18.2 Å². The lowest BCUT2D eigenvalue weighted by Crippen LogP contribution is -2.00. The third-order valence-corrected chi connectivity index (χ3v) is 2.44. The molecule has 2 rings (SSSR count). The molecule has 0 aliphatic carbocycles. The molecule has 0 atom stereocenters. The lowest BCUT2D eigenvalue weighted by molar-refractivity contribution is 0.0694. The highest BCUT2D eigenvalue weighted by Crippen LogP contribution is 2.27. The van der Waals surface area contributed by atoms with Crippen molar-refractivity contribution < 1.29 is 14.6 Å². The number of nitrogens with zero attached hydrogens (tertiary/aromatic N) is 2. The Labute approximate surface area is 105 Å². The summed E-state index contributed by atoms with van der Waals surface area (Å²) in [5.41, 5.74) is 0.0758. The van der Waals surface area contributed by atoms with E-state index >= 15 is 0 Å². The van der Waals surface area contributed by atoms with Gasteiger partial charge >= 0.3 is 5.97 Å². The van der Waals surface area contributed by atoms with Crippen molar-refractivity contribution in [3.05, 3.63) is 46.8 Å².